The van der Waals surface area contributed by atoms with Gasteiger partial charge in [0.05, 0.1) is 13.2 Å². The van der Waals surface area contributed by atoms with Crippen LogP contribution in [-0.2, 0) is 20.9 Å². The highest BCUT2D eigenvalue weighted by atomic mass is 16.5. The molecule has 1 aromatic carbocycles. The summed E-state index contributed by atoms with van der Waals surface area (Å²) in [6, 6.07) is 9.99. The maximum Gasteiger partial charge on any atom is 0.248 e. The molecule has 0 N–H and O–H groups in total. The molecular weight excluding hydrogens is 316 g/mol. The molecule has 0 aliphatic carbocycles. The van der Waals surface area contributed by atoms with Gasteiger partial charge in [-0.3, -0.25) is 4.79 Å². The van der Waals surface area contributed by atoms with Crippen molar-refractivity contribution in [2.45, 2.75) is 25.9 Å². The number of nitrogens with zero attached hydrogens (tertiary/aromatic N) is 2. The van der Waals surface area contributed by atoms with Crippen LogP contribution in [0, 0.1) is 5.92 Å². The van der Waals surface area contributed by atoms with E-state index in [0.717, 1.165) is 57.9 Å². The molecule has 25 heavy (non-hydrogen) atoms. The summed E-state index contributed by atoms with van der Waals surface area (Å²) in [6.07, 6.45) is 3.49. The molecule has 5 nitrogen and oxygen atoms in total. The molecule has 1 aromatic rings. The van der Waals surface area contributed by atoms with Crippen LogP contribution in [0.25, 0.3) is 0 Å². The van der Waals surface area contributed by atoms with Gasteiger partial charge in [-0.2, -0.15) is 0 Å². The van der Waals surface area contributed by atoms with Crippen molar-refractivity contribution >= 4 is 5.91 Å². The van der Waals surface area contributed by atoms with Gasteiger partial charge in [0.25, 0.3) is 0 Å². The van der Waals surface area contributed by atoms with E-state index in [1.54, 1.807) is 0 Å². The number of carbonyl (C=O) groups is 1. The maximum absolute atomic E-state index is 12.4. The number of hydrogen-bond donors (Lipinski definition) is 0. The molecule has 0 spiro atoms. The van der Waals surface area contributed by atoms with Gasteiger partial charge in [-0.05, 0) is 37.3 Å². The minimum absolute atomic E-state index is 0.110. The first-order valence-electron chi connectivity index (χ1n) is 9.51. The number of amides is 1. The van der Waals surface area contributed by atoms with Crippen molar-refractivity contribution in [1.29, 1.82) is 0 Å². The monoisotopic (exact) mass is 346 g/mol. The molecule has 2 aliphatic heterocycles. The smallest absolute Gasteiger partial charge is 0.248 e. The second-order valence-electron chi connectivity index (χ2n) is 7.10. The Kier molecular flexibility index (Phi) is 7.27. The molecule has 0 aromatic heterocycles. The Morgan fingerprint density at radius 3 is 2.80 bits per heavy atom. The quantitative estimate of drug-likeness (QED) is 0.792. The highest BCUT2D eigenvalue weighted by Gasteiger charge is 2.22. The van der Waals surface area contributed by atoms with Crippen molar-refractivity contribution in [2.24, 2.45) is 5.92 Å². The minimum atomic E-state index is 0.110. The Morgan fingerprint density at radius 2 is 2.00 bits per heavy atom. The normalized spacial score (nSPS) is 22.6. The Labute approximate surface area is 150 Å². The molecule has 0 bridgehead atoms. The van der Waals surface area contributed by atoms with Gasteiger partial charge >= 0.3 is 0 Å². The lowest BCUT2D eigenvalue weighted by molar-refractivity contribution is -0.136. The molecule has 2 saturated heterocycles. The summed E-state index contributed by atoms with van der Waals surface area (Å²) in [7, 11) is 0. The van der Waals surface area contributed by atoms with E-state index >= 15 is 0 Å². The molecule has 3 rings (SSSR count). The van der Waals surface area contributed by atoms with Crippen LogP contribution in [-0.4, -0.2) is 68.3 Å². The summed E-state index contributed by atoms with van der Waals surface area (Å²) in [6.45, 7) is 7.26. The lowest BCUT2D eigenvalue weighted by atomic mass is 10.0. The molecule has 1 amide bonds. The van der Waals surface area contributed by atoms with Crippen molar-refractivity contribution < 1.29 is 14.3 Å². The third-order valence-electron chi connectivity index (χ3n) is 5.05. The van der Waals surface area contributed by atoms with Gasteiger partial charge in [-0.1, -0.05) is 30.3 Å². The van der Waals surface area contributed by atoms with Crippen LogP contribution < -0.4 is 0 Å². The van der Waals surface area contributed by atoms with Crippen molar-refractivity contribution in [3.63, 3.8) is 0 Å². The number of carbonyl (C=O) groups excluding carboxylic acids is 1. The lowest BCUT2D eigenvalue weighted by Crippen LogP contribution is -2.39. The van der Waals surface area contributed by atoms with E-state index in [-0.39, 0.29) is 12.5 Å². The van der Waals surface area contributed by atoms with E-state index in [9.17, 15) is 4.79 Å². The predicted octanol–water partition coefficient (Wildman–Crippen LogP) is 2.16. The third kappa shape index (κ3) is 6.10. The molecule has 0 radical (unpaired) electrons. The standard InChI is InChI=1S/C20H30N2O3/c23-20(17-25-15-18-6-2-1-3-7-18)22-10-5-9-21(11-12-22)14-19-8-4-13-24-16-19/h1-3,6-7,19H,4-5,8-17H2. The van der Waals surface area contributed by atoms with Gasteiger partial charge in [-0.15, -0.1) is 0 Å². The summed E-state index contributed by atoms with van der Waals surface area (Å²) < 4.78 is 11.2. The summed E-state index contributed by atoms with van der Waals surface area (Å²) in [5.41, 5.74) is 1.10. The average molecular weight is 346 g/mol. The summed E-state index contributed by atoms with van der Waals surface area (Å²) in [5.74, 6) is 0.768. The Morgan fingerprint density at radius 1 is 1.12 bits per heavy atom. The van der Waals surface area contributed by atoms with E-state index in [4.69, 9.17) is 9.47 Å². The first-order valence-corrected chi connectivity index (χ1v) is 9.51. The zero-order valence-electron chi connectivity index (χ0n) is 15.1. The van der Waals surface area contributed by atoms with Gasteiger partial charge in [0.1, 0.15) is 6.61 Å². The Bertz CT molecular complexity index is 517. The van der Waals surface area contributed by atoms with Crippen molar-refractivity contribution in [3.05, 3.63) is 35.9 Å². The van der Waals surface area contributed by atoms with Gasteiger partial charge in [0.15, 0.2) is 0 Å². The van der Waals surface area contributed by atoms with Crippen LogP contribution in [0.15, 0.2) is 30.3 Å². The molecule has 0 saturated carbocycles. The first kappa shape index (κ1) is 18.4. The van der Waals surface area contributed by atoms with Gasteiger partial charge < -0.3 is 19.3 Å². The van der Waals surface area contributed by atoms with E-state index in [0.29, 0.717) is 12.5 Å². The minimum Gasteiger partial charge on any atom is -0.381 e. The topological polar surface area (TPSA) is 42.0 Å². The third-order valence-corrected chi connectivity index (χ3v) is 5.05. The fraction of sp³-hybridized carbons (Fsp3) is 0.650. The molecular formula is C20H30N2O3. The Balaban J connectivity index is 1.37. The zero-order valence-corrected chi connectivity index (χ0v) is 15.1. The van der Waals surface area contributed by atoms with Gasteiger partial charge in [0, 0.05) is 32.8 Å². The second-order valence-corrected chi connectivity index (χ2v) is 7.10. The number of ether oxygens (including phenoxy) is 2. The molecule has 138 valence electrons. The fourth-order valence-electron chi connectivity index (χ4n) is 3.64. The van der Waals surface area contributed by atoms with Gasteiger partial charge in [-0.25, -0.2) is 0 Å². The summed E-state index contributed by atoms with van der Waals surface area (Å²) in [4.78, 5) is 16.9. The van der Waals surface area contributed by atoms with Gasteiger partial charge in [0.2, 0.25) is 5.91 Å². The largest absolute Gasteiger partial charge is 0.381 e. The molecule has 1 unspecified atom stereocenters. The van der Waals surface area contributed by atoms with E-state index in [1.165, 1.54) is 12.8 Å². The predicted molar refractivity (Wildman–Crippen MR) is 97.3 cm³/mol. The lowest BCUT2D eigenvalue weighted by Gasteiger charge is -2.28. The van der Waals surface area contributed by atoms with E-state index in [2.05, 4.69) is 4.90 Å². The van der Waals surface area contributed by atoms with Crippen molar-refractivity contribution in [2.75, 3.05) is 52.5 Å². The van der Waals surface area contributed by atoms with Crippen molar-refractivity contribution in [1.82, 2.24) is 9.80 Å². The molecule has 2 fully saturated rings. The summed E-state index contributed by atoms with van der Waals surface area (Å²) >= 11 is 0. The number of hydrogen-bond acceptors (Lipinski definition) is 4. The first-order chi connectivity index (χ1) is 12.3. The highest BCUT2D eigenvalue weighted by Crippen LogP contribution is 2.16. The van der Waals surface area contributed by atoms with E-state index < -0.39 is 0 Å². The highest BCUT2D eigenvalue weighted by molar-refractivity contribution is 5.77. The number of rotatable bonds is 6. The zero-order chi connectivity index (χ0) is 17.3. The molecule has 2 aliphatic rings. The SMILES string of the molecule is O=C(COCc1ccccc1)N1CCCN(CC2CCCOC2)CC1. The fourth-order valence-corrected chi connectivity index (χ4v) is 3.64. The molecule has 1 atom stereocenters. The Hall–Kier alpha value is -1.43. The van der Waals surface area contributed by atoms with Crippen molar-refractivity contribution in [3.8, 4) is 0 Å². The maximum atomic E-state index is 12.4. The average Bonchev–Trinajstić information content (AvgIpc) is 2.89. The molecule has 2 heterocycles. The number of benzene rings is 1. The van der Waals surface area contributed by atoms with E-state index in [1.807, 2.05) is 35.2 Å². The summed E-state index contributed by atoms with van der Waals surface area (Å²) in [5, 5.41) is 0. The van der Waals surface area contributed by atoms with Crippen LogP contribution in [0.5, 0.6) is 0 Å². The van der Waals surface area contributed by atoms with Crippen LogP contribution >= 0.6 is 0 Å². The van der Waals surface area contributed by atoms with Crippen LogP contribution in [0.4, 0.5) is 0 Å². The van der Waals surface area contributed by atoms with Crippen LogP contribution in [0.3, 0.4) is 0 Å². The van der Waals surface area contributed by atoms with Crippen LogP contribution in [0.2, 0.25) is 0 Å². The van der Waals surface area contributed by atoms with Crippen LogP contribution in [0.1, 0.15) is 24.8 Å². The second kappa shape index (κ2) is 9.90. The molecule has 5 heteroatoms.